The Morgan fingerprint density at radius 3 is 2.49 bits per heavy atom. The number of amides is 1. The van der Waals surface area contributed by atoms with Crippen molar-refractivity contribution in [2.24, 2.45) is 0 Å². The number of cyclic esters (lactones) is 1. The van der Waals surface area contributed by atoms with Gasteiger partial charge in [0.1, 0.15) is 42.2 Å². The Balaban J connectivity index is 0.957. The Kier molecular flexibility index (Phi) is 10.3. The number of carbonyl (C=O) groups excluding carboxylic acids is 5. The summed E-state index contributed by atoms with van der Waals surface area (Å²) in [5.41, 5.74) is -4.33. The van der Waals surface area contributed by atoms with Gasteiger partial charge in [-0.3, -0.25) is 19.2 Å². The maximum atomic E-state index is 14.1. The standard InChI is InChI=1S/C48H43N3O16/c1-4-48(26-13-29-38-22(12-21-8-5-6-10-27(21)49-38)17-51(29)44(59)25(26)19-64-45(48)60)67-46(61)50-28-14-33(65-20(2)39(28)54)66-31-16-47(62,32(53)18-52)15-24-35(31)43(58)37-36(41(24)56)40(55)23-9-7-11-30(63-3)34(23)42(37)57/h5-13,20,28,31,33,39,52,54,56,58,62H,4,14-19H2,1-3H3,(H,50,61)/t20-,28-,31-,33-,39+,47-,48-/m0/s1. The minimum atomic E-state index is -2.43. The van der Waals surface area contributed by atoms with Crippen molar-refractivity contribution >= 4 is 40.3 Å². The first-order chi connectivity index (χ1) is 32.0. The number of hydrogen-bond donors (Lipinski definition) is 6. The van der Waals surface area contributed by atoms with Gasteiger partial charge in [-0.1, -0.05) is 37.3 Å². The lowest BCUT2D eigenvalue weighted by atomic mass is 9.72. The first-order valence-corrected chi connectivity index (χ1v) is 21.6. The lowest BCUT2D eigenvalue weighted by Crippen LogP contribution is -2.57. The van der Waals surface area contributed by atoms with Crippen molar-refractivity contribution < 1.29 is 73.2 Å². The molecule has 3 aliphatic heterocycles. The van der Waals surface area contributed by atoms with Crippen LogP contribution in [0.4, 0.5) is 4.79 Å². The number of Topliss-reactive ketones (excluding diaryl/α,β-unsaturated/α-hetero) is 1. The van der Waals surface area contributed by atoms with Crippen LogP contribution in [0.3, 0.4) is 0 Å². The number of benzene rings is 3. The minimum absolute atomic E-state index is 0.0260. The van der Waals surface area contributed by atoms with Gasteiger partial charge < -0.3 is 59.1 Å². The van der Waals surface area contributed by atoms with Crippen molar-refractivity contribution in [3.63, 3.8) is 0 Å². The number of alkyl carbamates (subject to hydrolysis) is 1. The molecule has 2 aromatic heterocycles. The lowest BCUT2D eigenvalue weighted by molar-refractivity contribution is -0.249. The molecule has 0 spiro atoms. The molecule has 19 nitrogen and oxygen atoms in total. The number of ketones is 3. The van der Waals surface area contributed by atoms with Gasteiger partial charge >= 0.3 is 12.1 Å². The van der Waals surface area contributed by atoms with Crippen molar-refractivity contribution in [3.8, 4) is 28.6 Å². The van der Waals surface area contributed by atoms with Gasteiger partial charge in [-0.15, -0.1) is 0 Å². The van der Waals surface area contributed by atoms with Crippen LogP contribution < -0.4 is 15.6 Å². The normalized spacial score (nSPS) is 25.8. The second kappa shape index (κ2) is 15.8. The van der Waals surface area contributed by atoms with Crippen LogP contribution >= 0.6 is 0 Å². The van der Waals surface area contributed by atoms with E-state index in [1.807, 2.05) is 30.3 Å². The highest BCUT2D eigenvalue weighted by atomic mass is 16.7. The predicted octanol–water partition coefficient (Wildman–Crippen LogP) is 2.87. The van der Waals surface area contributed by atoms with Crippen LogP contribution in [0.5, 0.6) is 17.2 Å². The number of phenols is 2. The number of aromatic hydroxyl groups is 2. The zero-order valence-corrected chi connectivity index (χ0v) is 36.2. The Bertz CT molecular complexity index is 3090. The van der Waals surface area contributed by atoms with Crippen molar-refractivity contribution in [3.05, 3.63) is 115 Å². The summed E-state index contributed by atoms with van der Waals surface area (Å²) in [4.78, 5) is 87.8. The molecule has 5 heterocycles. The Labute approximate surface area is 379 Å². The number of fused-ring (bicyclic) bond motifs is 8. The van der Waals surface area contributed by atoms with Crippen LogP contribution in [0.2, 0.25) is 0 Å². The Morgan fingerprint density at radius 1 is 0.985 bits per heavy atom. The fourth-order valence-electron chi connectivity index (χ4n) is 10.3. The zero-order chi connectivity index (χ0) is 47.4. The second-order valence-electron chi connectivity index (χ2n) is 17.4. The third-order valence-electron chi connectivity index (χ3n) is 13.7. The number of phenolic OH excluding ortho intramolecular Hbond substituents is 2. The van der Waals surface area contributed by atoms with Crippen LogP contribution in [0.15, 0.2) is 59.4 Å². The number of esters is 1. The zero-order valence-electron chi connectivity index (χ0n) is 36.2. The number of methoxy groups -OCH3 is 1. The quantitative estimate of drug-likeness (QED) is 0.0944. The van der Waals surface area contributed by atoms with Gasteiger partial charge in [0, 0.05) is 52.5 Å². The summed E-state index contributed by atoms with van der Waals surface area (Å²) in [6, 6.07) is 14.1. The number of nitrogens with one attached hydrogen (secondary N) is 1. The number of hydrogen-bond acceptors (Lipinski definition) is 17. The summed E-state index contributed by atoms with van der Waals surface area (Å²) in [5, 5.41) is 60.0. The number of carbonyl (C=O) groups is 5. The van der Waals surface area contributed by atoms with Crippen molar-refractivity contribution in [1.82, 2.24) is 14.9 Å². The molecule has 1 fully saturated rings. The van der Waals surface area contributed by atoms with Crippen LogP contribution in [-0.4, -0.2) is 108 Å². The molecule has 2 aliphatic carbocycles. The minimum Gasteiger partial charge on any atom is -0.507 e. The summed E-state index contributed by atoms with van der Waals surface area (Å²) in [6.45, 7) is 1.76. The topological polar surface area (TPSA) is 280 Å². The first-order valence-electron chi connectivity index (χ1n) is 21.6. The number of para-hydroxylation sites is 1. The van der Waals surface area contributed by atoms with Crippen LogP contribution in [-0.2, 0) is 53.7 Å². The van der Waals surface area contributed by atoms with E-state index in [4.69, 9.17) is 28.7 Å². The molecule has 1 saturated heterocycles. The maximum Gasteiger partial charge on any atom is 0.408 e. The number of pyridine rings is 2. The van der Waals surface area contributed by atoms with Crippen molar-refractivity contribution in [2.75, 3.05) is 13.7 Å². The largest absolute Gasteiger partial charge is 0.507 e. The van der Waals surface area contributed by atoms with Gasteiger partial charge in [0.25, 0.3) is 5.56 Å². The molecular formula is C48H43N3O16. The summed E-state index contributed by atoms with van der Waals surface area (Å²) >= 11 is 0. The smallest absolute Gasteiger partial charge is 0.408 e. The van der Waals surface area contributed by atoms with E-state index in [0.717, 1.165) is 10.9 Å². The van der Waals surface area contributed by atoms with Crippen LogP contribution in [0.25, 0.3) is 22.3 Å². The van der Waals surface area contributed by atoms with E-state index in [1.54, 1.807) is 13.0 Å². The molecule has 19 heteroatoms. The van der Waals surface area contributed by atoms with Crippen molar-refractivity contribution in [2.45, 2.75) is 94.5 Å². The van der Waals surface area contributed by atoms with E-state index < -0.39 is 119 Å². The molecular weight excluding hydrogens is 875 g/mol. The number of aliphatic hydroxyl groups excluding tert-OH is 2. The third-order valence-corrected chi connectivity index (χ3v) is 13.7. The highest BCUT2D eigenvalue weighted by molar-refractivity contribution is 6.31. The Hall–Kier alpha value is -7.03. The molecule has 5 aliphatic rings. The molecule has 6 N–H and O–H groups in total. The fourth-order valence-corrected chi connectivity index (χ4v) is 10.3. The number of rotatable bonds is 8. The number of aromatic nitrogens is 2. The fraction of sp³-hybridized carbons (Fsp3) is 0.354. The Morgan fingerprint density at radius 2 is 1.75 bits per heavy atom. The summed E-state index contributed by atoms with van der Waals surface area (Å²) in [6.07, 6.45) is -8.57. The summed E-state index contributed by atoms with van der Waals surface area (Å²) < 4.78 is 30.6. The predicted molar refractivity (Wildman–Crippen MR) is 229 cm³/mol. The van der Waals surface area contributed by atoms with E-state index >= 15 is 0 Å². The number of nitrogens with zero attached hydrogens (tertiary/aromatic N) is 2. The third kappa shape index (κ3) is 6.55. The molecule has 10 rings (SSSR count). The van der Waals surface area contributed by atoms with E-state index in [1.165, 1.54) is 36.8 Å². The van der Waals surface area contributed by atoms with Gasteiger partial charge in [-0.25, -0.2) is 14.6 Å². The van der Waals surface area contributed by atoms with Gasteiger partial charge in [0.15, 0.2) is 17.9 Å². The van der Waals surface area contributed by atoms with E-state index in [0.29, 0.717) is 16.9 Å². The van der Waals surface area contributed by atoms with Crippen molar-refractivity contribution in [1.29, 1.82) is 0 Å². The lowest BCUT2D eigenvalue weighted by Gasteiger charge is -2.43. The van der Waals surface area contributed by atoms with Gasteiger partial charge in [0.05, 0.1) is 71.1 Å². The van der Waals surface area contributed by atoms with Crippen LogP contribution in [0.1, 0.15) is 98.9 Å². The molecule has 0 unspecified atom stereocenters. The molecule has 1 amide bonds. The SMILES string of the molecule is CC[C@@]1(OC(=O)N[C@H]2C[C@H](O[C@H]3C[C@](O)(C(=O)CO)Cc4c(O)c5c(c(O)c43)C(=O)c3c(OC)cccc3C5=O)O[C@@H](C)[C@H]2O)C(=O)OCc2c1cc1n(c2=O)Cc2cc3ccccc3nc2-1. The van der Waals surface area contributed by atoms with Crippen LogP contribution in [0, 0.1) is 0 Å². The maximum absolute atomic E-state index is 14.1. The molecule has 346 valence electrons. The van der Waals surface area contributed by atoms with Gasteiger partial charge in [-0.05, 0) is 37.6 Å². The number of ether oxygens (including phenoxy) is 5. The average Bonchev–Trinajstić information content (AvgIpc) is 3.67. The molecule has 3 aromatic carbocycles. The molecule has 5 aromatic rings. The summed E-state index contributed by atoms with van der Waals surface area (Å²) in [5.74, 6) is -5.29. The highest BCUT2D eigenvalue weighted by Crippen LogP contribution is 2.53. The first kappa shape index (κ1) is 43.8. The molecule has 0 radical (unpaired) electrons. The second-order valence-corrected chi connectivity index (χ2v) is 17.4. The van der Waals surface area contributed by atoms with Gasteiger partial charge in [0.2, 0.25) is 11.4 Å². The average molecular weight is 918 g/mol. The monoisotopic (exact) mass is 917 g/mol. The molecule has 0 saturated carbocycles. The summed E-state index contributed by atoms with van der Waals surface area (Å²) in [7, 11) is 1.29. The van der Waals surface area contributed by atoms with E-state index in [9.17, 15) is 54.3 Å². The van der Waals surface area contributed by atoms with E-state index in [2.05, 4.69) is 5.32 Å². The van der Waals surface area contributed by atoms with Gasteiger partial charge in [-0.2, -0.15) is 0 Å². The highest BCUT2D eigenvalue weighted by Gasteiger charge is 2.53. The molecule has 7 atom stereocenters. The number of aliphatic hydroxyl groups is 3. The molecule has 0 bridgehead atoms. The van der Waals surface area contributed by atoms with E-state index in [-0.39, 0.29) is 65.1 Å². The molecule has 67 heavy (non-hydrogen) atoms.